The van der Waals surface area contributed by atoms with Crippen molar-refractivity contribution in [1.29, 1.82) is 0 Å². The number of anilines is 1. The fraction of sp³-hybridized carbons (Fsp3) is 0.400. The first-order chi connectivity index (χ1) is 18.6. The molecule has 0 bridgehead atoms. The molecule has 2 aromatic carbocycles. The fourth-order valence-electron chi connectivity index (χ4n) is 4.60. The first kappa shape index (κ1) is 30.7. The number of alkyl halides is 3. The van der Waals surface area contributed by atoms with Gasteiger partial charge in [-0.3, -0.25) is 9.59 Å². The zero-order valence-electron chi connectivity index (χ0n) is 21.0. The number of hydrogen-bond donors (Lipinski definition) is 3. The van der Waals surface area contributed by atoms with E-state index in [1.807, 2.05) is 4.90 Å². The molecule has 3 N–H and O–H groups in total. The lowest BCUT2D eigenvalue weighted by atomic mass is 9.85. The minimum Gasteiger partial charge on any atom is -0.475 e. The van der Waals surface area contributed by atoms with E-state index in [2.05, 4.69) is 15.5 Å². The minimum absolute atomic E-state index is 0.0897. The molecule has 2 aliphatic heterocycles. The van der Waals surface area contributed by atoms with E-state index in [1.165, 1.54) is 12.1 Å². The van der Waals surface area contributed by atoms with Crippen LogP contribution in [0.15, 0.2) is 36.4 Å². The number of halogens is 7. The molecule has 0 saturated carbocycles. The number of amides is 2. The zero-order chi connectivity index (χ0) is 29.8. The predicted octanol–water partition coefficient (Wildman–Crippen LogP) is 3.42. The van der Waals surface area contributed by atoms with Gasteiger partial charge in [0.1, 0.15) is 11.4 Å². The number of carboxylic acid groups (broad SMARTS) is 1. The summed E-state index contributed by atoms with van der Waals surface area (Å²) < 4.78 is 85.4. The Bertz CT molecular complexity index is 1240. The molecule has 2 heterocycles. The molecule has 15 heteroatoms. The van der Waals surface area contributed by atoms with Gasteiger partial charge >= 0.3 is 12.1 Å². The standard InChI is InChI=1S/C23H24F4N4O2.C2HF3O2/c1-14(29-21(32)15-9-18(25)20(27)19(26)10-15)12-30-7-5-23(6-8-30)22(33)28-13-31(23)17-4-2-3-16(24)11-17;3-2(4,5)1(6)7/h2-4,9-11,14H,5-8,12-13H2,1H3,(H,28,33)(H,29,32);(H,6,7)/t14-;/m1./s1. The van der Waals surface area contributed by atoms with Crippen LogP contribution < -0.4 is 15.5 Å². The largest absolute Gasteiger partial charge is 0.490 e. The topological polar surface area (TPSA) is 102 Å². The lowest BCUT2D eigenvalue weighted by Crippen LogP contribution is -2.57. The first-order valence-electron chi connectivity index (χ1n) is 11.9. The molecule has 2 aliphatic rings. The number of rotatable bonds is 5. The quantitative estimate of drug-likeness (QED) is 0.372. The van der Waals surface area contributed by atoms with Gasteiger partial charge in [-0.15, -0.1) is 0 Å². The summed E-state index contributed by atoms with van der Waals surface area (Å²) in [5, 5.41) is 12.6. The highest BCUT2D eigenvalue weighted by atomic mass is 19.4. The Morgan fingerprint density at radius 2 is 1.65 bits per heavy atom. The van der Waals surface area contributed by atoms with Crippen molar-refractivity contribution in [2.24, 2.45) is 0 Å². The van der Waals surface area contributed by atoms with E-state index in [0.717, 1.165) is 0 Å². The van der Waals surface area contributed by atoms with Crippen LogP contribution in [0.25, 0.3) is 0 Å². The van der Waals surface area contributed by atoms with Crippen molar-refractivity contribution in [2.45, 2.75) is 37.5 Å². The van der Waals surface area contributed by atoms with Crippen LogP contribution in [0.5, 0.6) is 0 Å². The summed E-state index contributed by atoms with van der Waals surface area (Å²) in [6.07, 6.45) is -4.05. The van der Waals surface area contributed by atoms with E-state index in [9.17, 15) is 40.3 Å². The van der Waals surface area contributed by atoms with Crippen LogP contribution in [0, 0.1) is 23.3 Å². The molecule has 0 aromatic heterocycles. The van der Waals surface area contributed by atoms with Gasteiger partial charge < -0.3 is 25.5 Å². The molecule has 2 aromatic rings. The lowest BCUT2D eigenvalue weighted by Gasteiger charge is -2.43. The van der Waals surface area contributed by atoms with Gasteiger partial charge in [-0.1, -0.05) is 6.07 Å². The summed E-state index contributed by atoms with van der Waals surface area (Å²) in [4.78, 5) is 37.9. The number of carbonyl (C=O) groups excluding carboxylic acids is 2. The zero-order valence-corrected chi connectivity index (χ0v) is 21.0. The van der Waals surface area contributed by atoms with Gasteiger partial charge in [0.05, 0.1) is 6.67 Å². The second-order valence-corrected chi connectivity index (χ2v) is 9.34. The highest BCUT2D eigenvalue weighted by Gasteiger charge is 2.50. The van der Waals surface area contributed by atoms with Gasteiger partial charge in [0.25, 0.3) is 5.91 Å². The van der Waals surface area contributed by atoms with Crippen molar-refractivity contribution in [3.05, 3.63) is 65.2 Å². The smallest absolute Gasteiger partial charge is 0.475 e. The lowest BCUT2D eigenvalue weighted by molar-refractivity contribution is -0.192. The highest BCUT2D eigenvalue weighted by molar-refractivity contribution is 5.94. The minimum atomic E-state index is -5.08. The van der Waals surface area contributed by atoms with Gasteiger partial charge in [0.15, 0.2) is 17.5 Å². The van der Waals surface area contributed by atoms with E-state index in [1.54, 1.807) is 19.1 Å². The number of carboxylic acids is 1. The molecule has 2 fully saturated rings. The second kappa shape index (κ2) is 12.1. The molecule has 8 nitrogen and oxygen atoms in total. The normalized spacial score (nSPS) is 17.6. The molecule has 4 rings (SSSR count). The Balaban J connectivity index is 0.000000559. The monoisotopic (exact) mass is 578 g/mol. The molecular formula is C25H25F7N4O4. The number of piperidine rings is 1. The summed E-state index contributed by atoms with van der Waals surface area (Å²) in [6, 6.07) is 7.10. The predicted molar refractivity (Wildman–Crippen MR) is 127 cm³/mol. The molecule has 1 spiro atoms. The third kappa shape index (κ3) is 7.00. The Morgan fingerprint density at radius 1 is 1.07 bits per heavy atom. The average molecular weight is 578 g/mol. The van der Waals surface area contributed by atoms with Crippen molar-refractivity contribution in [3.63, 3.8) is 0 Å². The van der Waals surface area contributed by atoms with Gasteiger partial charge in [0, 0.05) is 36.9 Å². The number of benzene rings is 2. The molecule has 40 heavy (non-hydrogen) atoms. The molecule has 0 aliphatic carbocycles. The Morgan fingerprint density at radius 3 is 2.17 bits per heavy atom. The van der Waals surface area contributed by atoms with E-state index in [0.29, 0.717) is 57.0 Å². The third-order valence-electron chi connectivity index (χ3n) is 6.54. The summed E-state index contributed by atoms with van der Waals surface area (Å²) in [5.74, 6) is -8.39. The third-order valence-corrected chi connectivity index (χ3v) is 6.54. The molecule has 2 saturated heterocycles. The van der Waals surface area contributed by atoms with Crippen molar-refractivity contribution in [3.8, 4) is 0 Å². The second-order valence-electron chi connectivity index (χ2n) is 9.34. The van der Waals surface area contributed by atoms with E-state index < -0.39 is 41.0 Å². The molecular weight excluding hydrogens is 553 g/mol. The van der Waals surface area contributed by atoms with Crippen molar-refractivity contribution in [2.75, 3.05) is 31.2 Å². The van der Waals surface area contributed by atoms with Crippen LogP contribution in [0.4, 0.5) is 36.4 Å². The molecule has 1 atom stereocenters. The Labute approximate surface area is 223 Å². The van der Waals surface area contributed by atoms with Gasteiger partial charge in [0.2, 0.25) is 5.91 Å². The van der Waals surface area contributed by atoms with E-state index in [4.69, 9.17) is 9.90 Å². The maximum absolute atomic E-state index is 13.7. The Hall–Kier alpha value is -3.88. The number of nitrogens with one attached hydrogen (secondary N) is 2. The molecule has 2 amide bonds. The van der Waals surface area contributed by atoms with Gasteiger partial charge in [-0.25, -0.2) is 22.4 Å². The van der Waals surface area contributed by atoms with E-state index in [-0.39, 0.29) is 23.3 Å². The SMILES string of the molecule is C[C@H](CN1CCC2(CC1)C(=O)NCN2c1cccc(F)c1)NC(=O)c1cc(F)c(F)c(F)c1.O=C(O)C(F)(F)F. The van der Waals surface area contributed by atoms with Crippen molar-refractivity contribution < 1.29 is 50.2 Å². The van der Waals surface area contributed by atoms with Gasteiger partial charge in [-0.05, 0) is 50.1 Å². The number of likely N-dealkylation sites (tertiary alicyclic amines) is 1. The summed E-state index contributed by atoms with van der Waals surface area (Å²) in [5.41, 5.74) is -0.426. The van der Waals surface area contributed by atoms with Crippen molar-refractivity contribution in [1.82, 2.24) is 15.5 Å². The molecule has 218 valence electrons. The van der Waals surface area contributed by atoms with E-state index >= 15 is 0 Å². The highest BCUT2D eigenvalue weighted by Crippen LogP contribution is 2.36. The summed E-state index contributed by atoms with van der Waals surface area (Å²) >= 11 is 0. The first-order valence-corrected chi connectivity index (χ1v) is 11.9. The van der Waals surface area contributed by atoms with Crippen LogP contribution in [-0.2, 0) is 9.59 Å². The average Bonchev–Trinajstić information content (AvgIpc) is 3.18. The van der Waals surface area contributed by atoms with Crippen LogP contribution in [0.3, 0.4) is 0 Å². The Kier molecular flexibility index (Phi) is 9.28. The number of nitrogens with zero attached hydrogens (tertiary/aromatic N) is 2. The van der Waals surface area contributed by atoms with Crippen LogP contribution in [-0.4, -0.2) is 71.9 Å². The summed E-state index contributed by atoms with van der Waals surface area (Å²) in [6.45, 7) is 3.65. The molecule has 0 unspecified atom stereocenters. The maximum Gasteiger partial charge on any atom is 0.490 e. The fourth-order valence-corrected chi connectivity index (χ4v) is 4.60. The summed E-state index contributed by atoms with van der Waals surface area (Å²) in [7, 11) is 0. The van der Waals surface area contributed by atoms with Crippen LogP contribution in [0.1, 0.15) is 30.1 Å². The van der Waals surface area contributed by atoms with Crippen molar-refractivity contribution >= 4 is 23.5 Å². The number of aliphatic carboxylic acids is 1. The number of carbonyl (C=O) groups is 3. The maximum atomic E-state index is 13.7. The van der Waals surface area contributed by atoms with Crippen LogP contribution in [0.2, 0.25) is 0 Å². The molecule has 0 radical (unpaired) electrons. The van der Waals surface area contributed by atoms with Crippen LogP contribution >= 0.6 is 0 Å². The number of hydrogen-bond acceptors (Lipinski definition) is 5. The van der Waals surface area contributed by atoms with Gasteiger partial charge in [-0.2, -0.15) is 13.2 Å².